The van der Waals surface area contributed by atoms with Crippen LogP contribution in [0, 0.1) is 85.9 Å². The molecule has 0 unspecified atom stereocenters. The molecule has 0 N–H and O–H groups in total. The molecular formula is C120H56N8O2S2. The molecule has 0 aliphatic heterocycles. The van der Waals surface area contributed by atoms with Crippen molar-refractivity contribution in [1.82, 2.24) is 0 Å². The molecule has 4 heterocycles. The highest BCUT2D eigenvalue weighted by atomic mass is 32.1. The van der Waals surface area contributed by atoms with Gasteiger partial charge in [-0.25, -0.2) is 4.85 Å². The molecule has 0 atom stereocenters. The molecule has 0 saturated carbocycles. The van der Waals surface area contributed by atoms with Crippen molar-refractivity contribution in [2.75, 3.05) is 0 Å². The SMILES string of the molecule is N#Cc1cc2c(cc1C#N)c1ccc3ccccc3c1c1cc3c(cc21)oc1ccccc13.N#Cc1cc2c(cc1C#N)c1ccc3ccccc3c1c1cc3c(cc21)sc1ccccc13.N#Cc1cc2c(cc1C#N)c1ccc3ccccc3c1c1cc3oc4ccccc4c3cc21.[C-]#[N+]c1cc2c(cc1C#N)c1ccc3ccccc3c1c1cc3sc4ccccc4c3cc21. The third-order valence-corrected chi connectivity index (χ3v) is 29.0. The predicted molar refractivity (Wildman–Crippen MR) is 545 cm³/mol. The molecule has 10 nitrogen and oxygen atoms in total. The summed E-state index contributed by atoms with van der Waals surface area (Å²) in [5, 5.41) is 112. The molecule has 24 aromatic carbocycles. The minimum absolute atomic E-state index is 0.385. The minimum atomic E-state index is 0.385. The lowest BCUT2D eigenvalue weighted by Gasteiger charge is -2.14. The van der Waals surface area contributed by atoms with Gasteiger partial charge >= 0.3 is 0 Å². The van der Waals surface area contributed by atoms with E-state index in [1.54, 1.807) is 11.3 Å². The normalized spacial score (nSPS) is 11.6. The Balaban J connectivity index is 0.0000000945. The Morgan fingerprint density at radius 1 is 0.182 bits per heavy atom. The average molecular weight is 1710 g/mol. The van der Waals surface area contributed by atoms with Crippen LogP contribution in [0.15, 0.2) is 349 Å². The van der Waals surface area contributed by atoms with E-state index < -0.39 is 0 Å². The van der Waals surface area contributed by atoms with E-state index in [1.165, 1.54) is 83.4 Å². The number of rotatable bonds is 0. The van der Waals surface area contributed by atoms with Gasteiger partial charge in [0.2, 0.25) is 5.69 Å². The number of fused-ring (bicyclic) bond motifs is 44. The van der Waals surface area contributed by atoms with E-state index in [-0.39, 0.29) is 0 Å². The Morgan fingerprint density at radius 2 is 0.432 bits per heavy atom. The second kappa shape index (κ2) is 29.5. The van der Waals surface area contributed by atoms with Gasteiger partial charge in [0, 0.05) is 61.9 Å². The van der Waals surface area contributed by atoms with Gasteiger partial charge in [-0.15, -0.1) is 22.7 Å². The van der Waals surface area contributed by atoms with Gasteiger partial charge < -0.3 is 8.83 Å². The number of hydrogen-bond donors (Lipinski definition) is 0. The van der Waals surface area contributed by atoms with Crippen LogP contribution < -0.4 is 0 Å². The molecular weight excluding hydrogens is 1650 g/mol. The smallest absolute Gasteiger partial charge is 0.205 e. The molecule has 0 aliphatic carbocycles. The number of nitriles is 7. The zero-order chi connectivity index (χ0) is 88.4. The maximum absolute atomic E-state index is 9.71. The first-order valence-corrected chi connectivity index (χ1v) is 44.5. The van der Waals surface area contributed by atoms with Gasteiger partial charge in [0.15, 0.2) is 0 Å². The minimum Gasteiger partial charge on any atom is -0.456 e. The van der Waals surface area contributed by atoms with Crippen molar-refractivity contribution in [3.63, 3.8) is 0 Å². The summed E-state index contributed by atoms with van der Waals surface area (Å²) in [5.41, 5.74) is 6.59. The van der Waals surface area contributed by atoms with Crippen LogP contribution in [0.2, 0.25) is 0 Å². The van der Waals surface area contributed by atoms with Gasteiger partial charge in [-0.3, -0.25) is 0 Å². The van der Waals surface area contributed by atoms with Crippen molar-refractivity contribution in [2.45, 2.75) is 0 Å². The number of thiophene rings is 2. The third-order valence-electron chi connectivity index (χ3n) is 26.8. The van der Waals surface area contributed by atoms with Crippen LogP contribution in [0.5, 0.6) is 0 Å². The lowest BCUT2D eigenvalue weighted by Crippen LogP contribution is -1.90. The monoisotopic (exact) mass is 1700 g/mol. The van der Waals surface area contributed by atoms with Gasteiger partial charge in [-0.1, -0.05) is 218 Å². The summed E-state index contributed by atoms with van der Waals surface area (Å²) in [4.78, 5) is 3.66. The van der Waals surface area contributed by atoms with Crippen LogP contribution in [-0.2, 0) is 0 Å². The number of benzene rings is 24. The summed E-state index contributed by atoms with van der Waals surface area (Å²) in [6.07, 6.45) is 0. The van der Waals surface area contributed by atoms with E-state index in [0.29, 0.717) is 44.6 Å². The molecule has 132 heavy (non-hydrogen) atoms. The average Bonchev–Trinajstić information content (AvgIpc) is 1.13. The van der Waals surface area contributed by atoms with Crippen molar-refractivity contribution >= 4 is 285 Å². The van der Waals surface area contributed by atoms with E-state index in [1.807, 2.05) is 108 Å². The second-order valence-corrected chi connectivity index (χ2v) is 35.6. The van der Waals surface area contributed by atoms with Crippen LogP contribution in [0.1, 0.15) is 38.9 Å². The quantitative estimate of drug-likeness (QED) is 0.105. The molecule has 4 aromatic heterocycles. The fraction of sp³-hybridized carbons (Fsp3) is 0. The Hall–Kier alpha value is -18.6. The molecule has 0 bridgehead atoms. The van der Waals surface area contributed by atoms with Crippen molar-refractivity contribution in [2.24, 2.45) is 0 Å². The predicted octanol–water partition coefficient (Wildman–Crippen LogP) is 33.4. The van der Waals surface area contributed by atoms with Crippen LogP contribution in [0.3, 0.4) is 0 Å². The van der Waals surface area contributed by atoms with Crippen molar-refractivity contribution in [1.29, 1.82) is 36.8 Å². The number of furan rings is 2. The maximum atomic E-state index is 9.71. The van der Waals surface area contributed by atoms with Gasteiger partial charge in [0.05, 0.1) is 51.6 Å². The van der Waals surface area contributed by atoms with Crippen LogP contribution in [-0.4, -0.2) is 0 Å². The molecule has 28 rings (SSSR count). The summed E-state index contributed by atoms with van der Waals surface area (Å²) >= 11 is 3.61. The van der Waals surface area contributed by atoms with Crippen LogP contribution in [0.25, 0.3) is 261 Å². The zero-order valence-electron chi connectivity index (χ0n) is 69.5. The number of nitrogens with zero attached hydrogens (tertiary/aromatic N) is 8. The molecule has 0 spiro atoms. The molecule has 0 aliphatic rings. The largest absolute Gasteiger partial charge is 0.456 e. The maximum Gasteiger partial charge on any atom is 0.205 e. The zero-order valence-corrected chi connectivity index (χ0v) is 71.2. The fourth-order valence-corrected chi connectivity index (χ4v) is 23.1. The van der Waals surface area contributed by atoms with Crippen LogP contribution >= 0.6 is 22.7 Å². The second-order valence-electron chi connectivity index (χ2n) is 33.4. The number of para-hydroxylation sites is 2. The molecule has 12 heteroatoms. The van der Waals surface area contributed by atoms with E-state index in [9.17, 15) is 36.8 Å². The van der Waals surface area contributed by atoms with Crippen molar-refractivity contribution in [3.8, 4) is 42.5 Å². The Kier molecular flexibility index (Phi) is 17.0. The van der Waals surface area contributed by atoms with Crippen molar-refractivity contribution < 1.29 is 8.83 Å². The van der Waals surface area contributed by atoms with E-state index in [4.69, 9.17) is 15.4 Å². The van der Waals surface area contributed by atoms with Gasteiger partial charge in [-0.2, -0.15) is 36.8 Å². The standard InChI is InChI=1S/2C30H14N2O.2C30H14N2S/c31-15-18-11-23-22-10-9-17-5-1-2-6-20(17)30(22)27-13-26-21-7-3-4-8-28(21)33-29(26)14-25(27)24(23)12-19(18)16-32;31-15-18-11-23-22-10-9-17-5-1-2-6-20(17)30(22)27-14-29-26(21-7-3-4-8-28(21)33-29)13-25(27)24(23)12-19(18)16-32;1-32-27-14-24-22(12-18(27)16-31)21-11-10-17-6-2-3-7-19(17)30(21)26-15-29-25(13-23(24)26)20-8-4-5-9-28(20)33-29;31-15-18-11-23-22-10-9-17-5-1-2-6-20(17)30(22)27-13-26-21-7-3-4-8-28(21)33-29(26)14-25(27)24(23)12-19(18)16-32/h2*1-14H;2-15H;1-14H. The van der Waals surface area contributed by atoms with Gasteiger partial charge in [0.1, 0.15) is 58.7 Å². The summed E-state index contributed by atoms with van der Waals surface area (Å²) in [6.45, 7) is 7.63. The molecule has 0 saturated heterocycles. The molecule has 0 radical (unpaired) electrons. The molecule has 600 valence electrons. The molecule has 0 fully saturated rings. The highest BCUT2D eigenvalue weighted by Gasteiger charge is 2.24. The molecule has 0 amide bonds. The highest BCUT2D eigenvalue weighted by molar-refractivity contribution is 7.26. The Morgan fingerprint density at radius 3 is 0.803 bits per heavy atom. The first kappa shape index (κ1) is 75.9. The Bertz CT molecular complexity index is 9990. The Labute approximate surface area is 757 Å². The van der Waals surface area contributed by atoms with Crippen molar-refractivity contribution in [3.05, 3.63) is 390 Å². The lowest BCUT2D eigenvalue weighted by molar-refractivity contribution is 0.669. The highest BCUT2D eigenvalue weighted by Crippen LogP contribution is 2.51. The summed E-state index contributed by atoms with van der Waals surface area (Å²) < 4.78 is 17.4. The summed E-state index contributed by atoms with van der Waals surface area (Å²) in [5.74, 6) is 0. The van der Waals surface area contributed by atoms with Gasteiger partial charge in [-0.05, 0) is 294 Å². The fourth-order valence-electron chi connectivity index (χ4n) is 20.9. The van der Waals surface area contributed by atoms with E-state index >= 15 is 0 Å². The first-order chi connectivity index (χ1) is 65.1. The van der Waals surface area contributed by atoms with E-state index in [2.05, 4.69) is 290 Å². The summed E-state index contributed by atoms with van der Waals surface area (Å²) in [6, 6.07) is 132. The first-order valence-electron chi connectivity index (χ1n) is 42.9. The third kappa shape index (κ3) is 11.4. The van der Waals surface area contributed by atoms with E-state index in [0.717, 1.165) is 173 Å². The van der Waals surface area contributed by atoms with Gasteiger partial charge in [0.25, 0.3) is 0 Å². The summed E-state index contributed by atoms with van der Waals surface area (Å²) in [7, 11) is 0. The number of hydrogen-bond acceptors (Lipinski definition) is 11. The lowest BCUT2D eigenvalue weighted by atomic mass is 9.88. The topological polar surface area (TPSA) is 197 Å². The molecule has 28 aromatic rings. The van der Waals surface area contributed by atoms with Crippen LogP contribution in [0.4, 0.5) is 5.69 Å².